The summed E-state index contributed by atoms with van der Waals surface area (Å²) in [5.74, 6) is 0.129. The van der Waals surface area contributed by atoms with Crippen LogP contribution in [0.3, 0.4) is 0 Å². The van der Waals surface area contributed by atoms with E-state index in [1.807, 2.05) is 0 Å². The van der Waals surface area contributed by atoms with Gasteiger partial charge in [-0.05, 0) is 44.1 Å². The molecule has 1 aromatic carbocycles. The highest BCUT2D eigenvalue weighted by Gasteiger charge is 1.95. The van der Waals surface area contributed by atoms with Gasteiger partial charge in [-0.25, -0.2) is 0 Å². The van der Waals surface area contributed by atoms with Gasteiger partial charge in [-0.15, -0.1) is 0 Å². The quantitative estimate of drug-likeness (QED) is 0.684. The highest BCUT2D eigenvalue weighted by Crippen LogP contribution is 2.24. The molecular weight excluding hydrogens is 261 g/mol. The molecule has 0 atom stereocenters. The van der Waals surface area contributed by atoms with E-state index in [-0.39, 0.29) is 5.75 Å². The number of hydrogen-bond acceptors (Lipinski definition) is 3. The first-order valence-electron chi connectivity index (χ1n) is 5.49. The van der Waals surface area contributed by atoms with Gasteiger partial charge < -0.3 is 15.5 Å². The van der Waals surface area contributed by atoms with Crippen molar-refractivity contribution >= 4 is 23.2 Å². The van der Waals surface area contributed by atoms with Crippen LogP contribution >= 0.6 is 23.2 Å². The minimum absolute atomic E-state index is 0.129. The van der Waals surface area contributed by atoms with Crippen molar-refractivity contribution in [3.05, 3.63) is 28.2 Å². The van der Waals surface area contributed by atoms with Gasteiger partial charge in [-0.1, -0.05) is 29.6 Å². The van der Waals surface area contributed by atoms with Crippen LogP contribution in [0.2, 0.25) is 10.0 Å². The summed E-state index contributed by atoms with van der Waals surface area (Å²) in [6, 6.07) is 4.41. The van der Waals surface area contributed by atoms with E-state index in [4.69, 9.17) is 33.4 Å². The number of halogens is 2. The van der Waals surface area contributed by atoms with Crippen molar-refractivity contribution in [2.45, 2.75) is 19.3 Å². The highest BCUT2D eigenvalue weighted by molar-refractivity contribution is 6.42. The maximum atomic E-state index is 8.79. The molecule has 3 nitrogen and oxygen atoms in total. The number of rotatable bonds is 0. The van der Waals surface area contributed by atoms with E-state index < -0.39 is 0 Å². The smallest absolute Gasteiger partial charge is 0.117 e. The predicted octanol–water partition coefficient (Wildman–Crippen LogP) is 3.07. The minimum atomic E-state index is 0.129. The lowest BCUT2D eigenvalue weighted by Gasteiger charge is -2.08. The SMILES string of the molecule is C1CCNCC1.CO.Oc1ccc(Cl)c(Cl)c1. The van der Waals surface area contributed by atoms with Crippen LogP contribution < -0.4 is 5.32 Å². The molecule has 0 amide bonds. The Bertz CT molecular complexity index is 293. The second-order valence-corrected chi connectivity index (χ2v) is 4.22. The van der Waals surface area contributed by atoms with Crippen molar-refractivity contribution < 1.29 is 10.2 Å². The second-order valence-electron chi connectivity index (χ2n) is 3.41. The molecule has 2 rings (SSSR count). The molecule has 5 heteroatoms. The normalized spacial score (nSPS) is 13.9. The molecule has 1 aromatic rings. The molecular formula is C12H19Cl2NO2. The number of phenolic OH excluding ortho intramolecular Hbond substituents is 1. The van der Waals surface area contributed by atoms with Gasteiger partial charge in [0.15, 0.2) is 0 Å². The van der Waals surface area contributed by atoms with Crippen LogP contribution in [0, 0.1) is 0 Å². The maximum Gasteiger partial charge on any atom is 0.117 e. The van der Waals surface area contributed by atoms with Gasteiger partial charge in [0.1, 0.15) is 5.75 Å². The van der Waals surface area contributed by atoms with Crippen molar-refractivity contribution in [2.75, 3.05) is 20.2 Å². The summed E-state index contributed by atoms with van der Waals surface area (Å²) in [4.78, 5) is 0. The van der Waals surface area contributed by atoms with Gasteiger partial charge in [0.05, 0.1) is 10.0 Å². The second kappa shape index (κ2) is 10.7. The Hall–Kier alpha value is -0.480. The van der Waals surface area contributed by atoms with Crippen LogP contribution in [0.1, 0.15) is 19.3 Å². The van der Waals surface area contributed by atoms with Crippen LogP contribution in [0.25, 0.3) is 0 Å². The molecule has 1 aliphatic heterocycles. The lowest BCUT2D eigenvalue weighted by Crippen LogP contribution is -2.21. The standard InChI is InChI=1S/C6H4Cl2O.C5H11N.CH4O/c7-5-2-1-4(9)3-6(5)8;1-2-4-6-5-3-1;1-2/h1-3,9H;6H,1-5H2;2H,1H3. The third kappa shape index (κ3) is 8.27. The largest absolute Gasteiger partial charge is 0.508 e. The first kappa shape index (κ1) is 16.5. The third-order valence-electron chi connectivity index (χ3n) is 2.11. The van der Waals surface area contributed by atoms with E-state index in [0.717, 1.165) is 7.11 Å². The predicted molar refractivity (Wildman–Crippen MR) is 73.0 cm³/mol. The van der Waals surface area contributed by atoms with Crippen LogP contribution in [0.15, 0.2) is 18.2 Å². The van der Waals surface area contributed by atoms with E-state index in [1.54, 1.807) is 6.07 Å². The number of piperidine rings is 1. The van der Waals surface area contributed by atoms with E-state index >= 15 is 0 Å². The van der Waals surface area contributed by atoms with Crippen molar-refractivity contribution in [3.63, 3.8) is 0 Å². The fourth-order valence-corrected chi connectivity index (χ4v) is 1.58. The fraction of sp³-hybridized carbons (Fsp3) is 0.500. The van der Waals surface area contributed by atoms with E-state index in [1.165, 1.54) is 44.5 Å². The number of aromatic hydroxyl groups is 1. The molecule has 1 heterocycles. The summed E-state index contributed by atoms with van der Waals surface area (Å²) in [6.45, 7) is 2.50. The molecule has 1 fully saturated rings. The molecule has 1 saturated heterocycles. The number of phenols is 1. The molecule has 0 aliphatic carbocycles. The molecule has 98 valence electrons. The van der Waals surface area contributed by atoms with Gasteiger partial charge in [0.25, 0.3) is 0 Å². The van der Waals surface area contributed by atoms with Crippen LogP contribution in [-0.2, 0) is 0 Å². The fourth-order valence-electron chi connectivity index (χ4n) is 1.29. The zero-order valence-electron chi connectivity index (χ0n) is 9.92. The topological polar surface area (TPSA) is 52.5 Å². The Kier molecular flexibility index (Phi) is 10.4. The van der Waals surface area contributed by atoms with E-state index in [9.17, 15) is 0 Å². The molecule has 0 bridgehead atoms. The summed E-state index contributed by atoms with van der Waals surface area (Å²) in [6.07, 6.45) is 4.22. The van der Waals surface area contributed by atoms with Gasteiger partial charge in [0.2, 0.25) is 0 Å². The Balaban J connectivity index is 0.000000278. The van der Waals surface area contributed by atoms with Crippen LogP contribution in [0.5, 0.6) is 5.75 Å². The van der Waals surface area contributed by atoms with E-state index in [0.29, 0.717) is 10.0 Å². The van der Waals surface area contributed by atoms with Gasteiger partial charge in [-0.3, -0.25) is 0 Å². The molecule has 1 aliphatic rings. The molecule has 0 unspecified atom stereocenters. The molecule has 3 N–H and O–H groups in total. The summed E-state index contributed by atoms with van der Waals surface area (Å²) in [5, 5.41) is 19.9. The summed E-state index contributed by atoms with van der Waals surface area (Å²) in [7, 11) is 1.00. The van der Waals surface area contributed by atoms with Crippen LogP contribution in [-0.4, -0.2) is 30.4 Å². The highest BCUT2D eigenvalue weighted by atomic mass is 35.5. The number of benzene rings is 1. The Morgan fingerprint density at radius 1 is 1.00 bits per heavy atom. The first-order valence-corrected chi connectivity index (χ1v) is 6.25. The van der Waals surface area contributed by atoms with Crippen molar-refractivity contribution in [3.8, 4) is 5.75 Å². The lowest BCUT2D eigenvalue weighted by atomic mass is 10.2. The Labute approximate surface area is 112 Å². The van der Waals surface area contributed by atoms with Crippen molar-refractivity contribution in [2.24, 2.45) is 0 Å². The molecule has 17 heavy (non-hydrogen) atoms. The average molecular weight is 280 g/mol. The number of aliphatic hydroxyl groups excluding tert-OH is 1. The average Bonchev–Trinajstić information content (AvgIpc) is 2.39. The zero-order valence-corrected chi connectivity index (χ0v) is 11.4. The molecule has 0 spiro atoms. The van der Waals surface area contributed by atoms with Gasteiger partial charge >= 0.3 is 0 Å². The Morgan fingerprint density at radius 3 is 1.88 bits per heavy atom. The molecule has 0 aromatic heterocycles. The number of aliphatic hydroxyl groups is 1. The van der Waals surface area contributed by atoms with Crippen LogP contribution in [0.4, 0.5) is 0 Å². The first-order chi connectivity index (χ1) is 8.20. The summed E-state index contributed by atoms with van der Waals surface area (Å²) in [5.41, 5.74) is 0. The maximum absolute atomic E-state index is 8.79. The lowest BCUT2D eigenvalue weighted by molar-refractivity contribution is 0.399. The van der Waals surface area contributed by atoms with Gasteiger partial charge in [-0.2, -0.15) is 0 Å². The van der Waals surface area contributed by atoms with E-state index in [2.05, 4.69) is 5.32 Å². The summed E-state index contributed by atoms with van der Waals surface area (Å²) < 4.78 is 0. The molecule has 0 saturated carbocycles. The number of hydrogen-bond donors (Lipinski definition) is 3. The van der Waals surface area contributed by atoms with Gasteiger partial charge in [0, 0.05) is 7.11 Å². The summed E-state index contributed by atoms with van der Waals surface area (Å²) >= 11 is 11.1. The molecule has 0 radical (unpaired) electrons. The zero-order chi connectivity index (χ0) is 13.1. The number of nitrogens with one attached hydrogen (secondary N) is 1. The van der Waals surface area contributed by atoms with Crippen molar-refractivity contribution in [1.29, 1.82) is 0 Å². The third-order valence-corrected chi connectivity index (χ3v) is 2.85. The van der Waals surface area contributed by atoms with Crippen molar-refractivity contribution in [1.82, 2.24) is 5.32 Å². The monoisotopic (exact) mass is 279 g/mol. The minimum Gasteiger partial charge on any atom is -0.508 e. The Morgan fingerprint density at radius 2 is 1.59 bits per heavy atom.